The Bertz CT molecular complexity index is 699. The number of esters is 1. The molecule has 1 fully saturated rings. The third-order valence-corrected chi connectivity index (χ3v) is 4.22. The molecule has 1 heterocycles. The summed E-state index contributed by atoms with van der Waals surface area (Å²) >= 11 is 0. The maximum absolute atomic E-state index is 11.8. The monoisotopic (exact) mass is 326 g/mol. The normalized spacial score (nSPS) is 14.9. The van der Waals surface area contributed by atoms with Crippen LogP contribution in [0, 0.1) is 0 Å². The van der Waals surface area contributed by atoms with Crippen molar-refractivity contribution in [3.63, 3.8) is 0 Å². The fraction of sp³-hybridized carbons (Fsp3) is 0.389. The average molecular weight is 326 g/mol. The Kier molecular flexibility index (Phi) is 5.25. The molecule has 0 radical (unpaired) electrons. The van der Waals surface area contributed by atoms with E-state index in [1.54, 1.807) is 12.1 Å². The number of rotatable bonds is 5. The van der Waals surface area contributed by atoms with Crippen molar-refractivity contribution in [2.24, 2.45) is 0 Å². The molecule has 0 bridgehead atoms. The van der Waals surface area contributed by atoms with Crippen molar-refractivity contribution in [2.45, 2.75) is 38.1 Å². The maximum Gasteiger partial charge on any atom is 0.339 e. The molecule has 1 aromatic carbocycles. The fourth-order valence-electron chi connectivity index (χ4n) is 2.98. The van der Waals surface area contributed by atoms with Crippen LogP contribution in [0.2, 0.25) is 0 Å². The van der Waals surface area contributed by atoms with E-state index in [0.717, 1.165) is 5.82 Å². The number of ether oxygens (including phenoxy) is 1. The van der Waals surface area contributed by atoms with E-state index < -0.39 is 0 Å². The van der Waals surface area contributed by atoms with Gasteiger partial charge in [0.25, 0.3) is 0 Å². The smallest absolute Gasteiger partial charge is 0.339 e. The van der Waals surface area contributed by atoms with E-state index in [9.17, 15) is 4.79 Å². The first-order chi connectivity index (χ1) is 11.8. The summed E-state index contributed by atoms with van der Waals surface area (Å²) in [4.78, 5) is 20.4. The molecule has 3 rings (SSSR count). The molecule has 126 valence electrons. The Labute approximate surface area is 141 Å². The second-order valence-electron chi connectivity index (χ2n) is 5.93. The minimum Gasteiger partial charge on any atom is -0.465 e. The number of carbonyl (C=O) groups excluding carboxylic acids is 1. The van der Waals surface area contributed by atoms with Gasteiger partial charge in [0.15, 0.2) is 0 Å². The Morgan fingerprint density at radius 3 is 2.67 bits per heavy atom. The summed E-state index contributed by atoms with van der Waals surface area (Å²) in [6.45, 7) is 0. The topological polar surface area (TPSA) is 76.1 Å². The van der Waals surface area contributed by atoms with Gasteiger partial charge in [-0.1, -0.05) is 31.4 Å². The highest BCUT2D eigenvalue weighted by molar-refractivity contribution is 5.96. The molecule has 0 aliphatic heterocycles. The second kappa shape index (κ2) is 7.77. The Morgan fingerprint density at radius 1 is 1.12 bits per heavy atom. The van der Waals surface area contributed by atoms with Crippen molar-refractivity contribution < 1.29 is 9.53 Å². The van der Waals surface area contributed by atoms with Gasteiger partial charge in [-0.15, -0.1) is 0 Å². The number of methoxy groups -OCH3 is 1. The van der Waals surface area contributed by atoms with Gasteiger partial charge in [0.05, 0.1) is 18.4 Å². The summed E-state index contributed by atoms with van der Waals surface area (Å²) in [5.74, 6) is 1.06. The first-order valence-corrected chi connectivity index (χ1v) is 8.29. The minimum atomic E-state index is -0.382. The van der Waals surface area contributed by atoms with Gasteiger partial charge in [-0.05, 0) is 25.0 Å². The van der Waals surface area contributed by atoms with Gasteiger partial charge in [0.1, 0.15) is 18.0 Å². The summed E-state index contributed by atoms with van der Waals surface area (Å²) in [6, 6.07) is 9.54. The fourth-order valence-corrected chi connectivity index (χ4v) is 2.98. The van der Waals surface area contributed by atoms with E-state index in [1.807, 2.05) is 18.2 Å². The van der Waals surface area contributed by atoms with Crippen LogP contribution in [0.15, 0.2) is 36.7 Å². The predicted octanol–water partition coefficient (Wildman–Crippen LogP) is 3.75. The van der Waals surface area contributed by atoms with E-state index in [1.165, 1.54) is 45.5 Å². The standard InChI is InChI=1S/C18H22N4O2/c1-24-18(23)14-9-5-6-10-15(14)22-17-11-16(19-12-20-17)21-13-7-3-2-4-8-13/h5-6,9-13H,2-4,7-8H2,1H3,(H2,19,20,21,22). The van der Waals surface area contributed by atoms with Crippen LogP contribution < -0.4 is 10.6 Å². The zero-order chi connectivity index (χ0) is 16.8. The molecule has 6 nitrogen and oxygen atoms in total. The summed E-state index contributed by atoms with van der Waals surface area (Å²) in [5.41, 5.74) is 1.13. The van der Waals surface area contributed by atoms with Gasteiger partial charge >= 0.3 is 5.97 Å². The molecule has 0 unspecified atom stereocenters. The molecule has 1 aromatic heterocycles. The van der Waals surface area contributed by atoms with Crippen LogP contribution in [0.4, 0.5) is 17.3 Å². The summed E-state index contributed by atoms with van der Waals surface area (Å²) < 4.78 is 4.81. The zero-order valence-corrected chi connectivity index (χ0v) is 13.8. The number of para-hydroxylation sites is 1. The Morgan fingerprint density at radius 2 is 1.88 bits per heavy atom. The lowest BCUT2D eigenvalue weighted by molar-refractivity contribution is 0.0602. The third kappa shape index (κ3) is 4.01. The van der Waals surface area contributed by atoms with Crippen molar-refractivity contribution in [1.29, 1.82) is 0 Å². The van der Waals surface area contributed by atoms with E-state index in [4.69, 9.17) is 4.74 Å². The molecule has 1 aliphatic rings. The van der Waals surface area contributed by atoms with Gasteiger partial charge in [-0.3, -0.25) is 0 Å². The summed E-state index contributed by atoms with van der Waals surface area (Å²) in [5, 5.41) is 6.65. The number of hydrogen-bond donors (Lipinski definition) is 2. The second-order valence-corrected chi connectivity index (χ2v) is 5.93. The maximum atomic E-state index is 11.8. The molecule has 0 atom stereocenters. The first kappa shape index (κ1) is 16.2. The first-order valence-electron chi connectivity index (χ1n) is 8.29. The van der Waals surface area contributed by atoms with Gasteiger partial charge in [0.2, 0.25) is 0 Å². The summed E-state index contributed by atoms with van der Waals surface area (Å²) in [6.07, 6.45) is 7.73. The molecular weight excluding hydrogens is 304 g/mol. The van der Waals surface area contributed by atoms with Crippen molar-refractivity contribution in [2.75, 3.05) is 17.7 Å². The quantitative estimate of drug-likeness (QED) is 0.815. The van der Waals surface area contributed by atoms with Crippen molar-refractivity contribution in [3.05, 3.63) is 42.2 Å². The lowest BCUT2D eigenvalue weighted by atomic mass is 9.95. The molecule has 0 saturated heterocycles. The highest BCUT2D eigenvalue weighted by Gasteiger charge is 2.15. The predicted molar refractivity (Wildman–Crippen MR) is 93.6 cm³/mol. The third-order valence-electron chi connectivity index (χ3n) is 4.22. The lowest BCUT2D eigenvalue weighted by Crippen LogP contribution is -2.22. The molecule has 1 saturated carbocycles. The molecule has 24 heavy (non-hydrogen) atoms. The van der Waals surface area contributed by atoms with Crippen LogP contribution in [-0.2, 0) is 4.74 Å². The number of carbonyl (C=O) groups is 1. The number of nitrogens with one attached hydrogen (secondary N) is 2. The number of anilines is 3. The van der Waals surface area contributed by atoms with Crippen LogP contribution >= 0.6 is 0 Å². The Hall–Kier alpha value is -2.63. The Balaban J connectivity index is 1.74. The van der Waals surface area contributed by atoms with Crippen LogP contribution in [0.1, 0.15) is 42.5 Å². The number of benzene rings is 1. The number of hydrogen-bond acceptors (Lipinski definition) is 6. The number of aromatic nitrogens is 2. The van der Waals surface area contributed by atoms with Crippen LogP contribution in [-0.4, -0.2) is 29.1 Å². The molecule has 6 heteroatoms. The van der Waals surface area contributed by atoms with Gasteiger partial charge < -0.3 is 15.4 Å². The van der Waals surface area contributed by atoms with Gasteiger partial charge in [-0.2, -0.15) is 0 Å². The van der Waals surface area contributed by atoms with E-state index in [-0.39, 0.29) is 5.97 Å². The largest absolute Gasteiger partial charge is 0.465 e. The van der Waals surface area contributed by atoms with Gasteiger partial charge in [0, 0.05) is 12.1 Å². The highest BCUT2D eigenvalue weighted by Crippen LogP contribution is 2.24. The molecule has 2 N–H and O–H groups in total. The molecular formula is C18H22N4O2. The molecule has 0 spiro atoms. The highest BCUT2D eigenvalue weighted by atomic mass is 16.5. The molecule has 2 aromatic rings. The van der Waals surface area contributed by atoms with E-state index >= 15 is 0 Å². The zero-order valence-electron chi connectivity index (χ0n) is 13.8. The van der Waals surface area contributed by atoms with Crippen LogP contribution in [0.5, 0.6) is 0 Å². The number of nitrogens with zero attached hydrogens (tertiary/aromatic N) is 2. The molecule has 1 aliphatic carbocycles. The average Bonchev–Trinajstić information content (AvgIpc) is 2.63. The molecule has 0 amide bonds. The summed E-state index contributed by atoms with van der Waals surface area (Å²) in [7, 11) is 1.37. The van der Waals surface area contributed by atoms with Crippen molar-refractivity contribution >= 4 is 23.3 Å². The van der Waals surface area contributed by atoms with Crippen molar-refractivity contribution in [3.8, 4) is 0 Å². The van der Waals surface area contributed by atoms with E-state index in [0.29, 0.717) is 23.1 Å². The SMILES string of the molecule is COC(=O)c1ccccc1Nc1cc(NC2CCCCC2)ncn1. The minimum absolute atomic E-state index is 0.382. The van der Waals surface area contributed by atoms with Crippen LogP contribution in [0.25, 0.3) is 0 Å². The van der Waals surface area contributed by atoms with Crippen LogP contribution in [0.3, 0.4) is 0 Å². The van der Waals surface area contributed by atoms with Crippen molar-refractivity contribution in [1.82, 2.24) is 9.97 Å². The lowest BCUT2D eigenvalue weighted by Gasteiger charge is -2.23. The van der Waals surface area contributed by atoms with Gasteiger partial charge in [-0.25, -0.2) is 14.8 Å². The van der Waals surface area contributed by atoms with E-state index in [2.05, 4.69) is 20.6 Å².